The molecule has 6 nitrogen and oxygen atoms in total. The smallest absolute Gasteiger partial charge is 0.287 e. The molecule has 1 atom stereocenters. The number of rotatable bonds is 5. The van der Waals surface area contributed by atoms with Gasteiger partial charge in [-0.1, -0.05) is 0 Å². The maximum Gasteiger partial charge on any atom is 0.287 e. The van der Waals surface area contributed by atoms with Crippen LogP contribution in [0.2, 0.25) is 0 Å². The van der Waals surface area contributed by atoms with Crippen LogP contribution in [0.15, 0.2) is 18.3 Å². The summed E-state index contributed by atoms with van der Waals surface area (Å²) in [6.45, 7) is 3.08. The van der Waals surface area contributed by atoms with E-state index in [0.717, 1.165) is 32.0 Å². The number of hydrogen-bond donors (Lipinski definition) is 2. The first-order valence-corrected chi connectivity index (χ1v) is 6.31. The van der Waals surface area contributed by atoms with Gasteiger partial charge in [0.2, 0.25) is 0 Å². The molecule has 0 bridgehead atoms. The van der Waals surface area contributed by atoms with E-state index in [0.29, 0.717) is 5.82 Å². The van der Waals surface area contributed by atoms with Crippen molar-refractivity contribution in [2.75, 3.05) is 25.0 Å². The van der Waals surface area contributed by atoms with Gasteiger partial charge >= 0.3 is 0 Å². The normalized spacial score (nSPS) is 19.4. The van der Waals surface area contributed by atoms with E-state index < -0.39 is 4.92 Å². The molecule has 2 N–H and O–H groups in total. The van der Waals surface area contributed by atoms with Gasteiger partial charge in [-0.05, 0) is 44.3 Å². The number of nitrogens with one attached hydrogen (secondary N) is 2. The summed E-state index contributed by atoms with van der Waals surface area (Å²) < 4.78 is 0. The second-order valence-corrected chi connectivity index (χ2v) is 4.59. The highest BCUT2D eigenvalue weighted by atomic mass is 16.6. The van der Waals surface area contributed by atoms with Crippen molar-refractivity contribution in [3.05, 3.63) is 28.4 Å². The van der Waals surface area contributed by atoms with Gasteiger partial charge < -0.3 is 10.6 Å². The molecule has 0 aliphatic carbocycles. The first-order chi connectivity index (χ1) is 8.75. The maximum absolute atomic E-state index is 10.5. The zero-order valence-electron chi connectivity index (χ0n) is 10.3. The second-order valence-electron chi connectivity index (χ2n) is 4.59. The number of pyridine rings is 1. The molecule has 0 spiro atoms. The summed E-state index contributed by atoms with van der Waals surface area (Å²) in [4.78, 5) is 14.0. The average Bonchev–Trinajstić information content (AvgIpc) is 2.40. The van der Waals surface area contributed by atoms with Crippen molar-refractivity contribution in [1.82, 2.24) is 10.3 Å². The van der Waals surface area contributed by atoms with Crippen LogP contribution in [0, 0.1) is 16.0 Å². The molecule has 98 valence electrons. The number of aromatic nitrogens is 1. The molecule has 0 radical (unpaired) electrons. The van der Waals surface area contributed by atoms with Gasteiger partial charge in [-0.15, -0.1) is 0 Å². The lowest BCUT2D eigenvalue weighted by Crippen LogP contribution is -2.30. The topological polar surface area (TPSA) is 80.1 Å². The third-order valence-corrected chi connectivity index (χ3v) is 3.22. The van der Waals surface area contributed by atoms with Crippen molar-refractivity contribution in [3.63, 3.8) is 0 Å². The molecule has 0 aromatic carbocycles. The van der Waals surface area contributed by atoms with Crippen LogP contribution in [-0.4, -0.2) is 29.5 Å². The third-order valence-electron chi connectivity index (χ3n) is 3.22. The van der Waals surface area contributed by atoms with Crippen molar-refractivity contribution in [1.29, 1.82) is 0 Å². The lowest BCUT2D eigenvalue weighted by Gasteiger charge is -2.22. The van der Waals surface area contributed by atoms with Gasteiger partial charge in [0.15, 0.2) is 0 Å². The number of hydrogen-bond acceptors (Lipinski definition) is 5. The molecule has 1 aromatic heterocycles. The molecule has 1 aliphatic rings. The summed E-state index contributed by atoms with van der Waals surface area (Å²) in [6, 6.07) is 3.12. The Morgan fingerprint density at radius 3 is 3.06 bits per heavy atom. The van der Waals surface area contributed by atoms with Crippen molar-refractivity contribution in [2.24, 2.45) is 5.92 Å². The molecule has 0 amide bonds. The highest BCUT2D eigenvalue weighted by molar-refractivity contribution is 5.39. The number of piperidine rings is 1. The third kappa shape index (κ3) is 3.66. The molecule has 18 heavy (non-hydrogen) atoms. The minimum Gasteiger partial charge on any atom is -0.370 e. The molecule has 1 unspecified atom stereocenters. The van der Waals surface area contributed by atoms with Crippen LogP contribution < -0.4 is 10.6 Å². The summed E-state index contributed by atoms with van der Waals surface area (Å²) >= 11 is 0. The highest BCUT2D eigenvalue weighted by Crippen LogP contribution is 2.15. The standard InChI is InChI=1S/C12H18N4O2/c17-16(18)11-3-4-12(15-9-11)14-7-5-10-2-1-6-13-8-10/h3-4,9-10,13H,1-2,5-8H2,(H,14,15). The lowest BCUT2D eigenvalue weighted by molar-refractivity contribution is -0.385. The molecular formula is C12H18N4O2. The zero-order chi connectivity index (χ0) is 12.8. The Balaban J connectivity index is 1.74. The molecule has 2 rings (SSSR count). The summed E-state index contributed by atoms with van der Waals surface area (Å²) in [5, 5.41) is 17.1. The van der Waals surface area contributed by atoms with E-state index in [1.54, 1.807) is 6.07 Å². The van der Waals surface area contributed by atoms with Crippen molar-refractivity contribution >= 4 is 11.5 Å². The van der Waals surface area contributed by atoms with Gasteiger partial charge in [0, 0.05) is 12.6 Å². The van der Waals surface area contributed by atoms with Gasteiger partial charge in [0.25, 0.3) is 5.69 Å². The predicted molar refractivity (Wildman–Crippen MR) is 69.6 cm³/mol. The van der Waals surface area contributed by atoms with Crippen LogP contribution in [0.5, 0.6) is 0 Å². The van der Waals surface area contributed by atoms with E-state index in [4.69, 9.17) is 0 Å². The fourth-order valence-electron chi connectivity index (χ4n) is 2.17. The van der Waals surface area contributed by atoms with E-state index in [2.05, 4.69) is 15.6 Å². The Morgan fingerprint density at radius 1 is 1.56 bits per heavy atom. The van der Waals surface area contributed by atoms with Crippen LogP contribution in [-0.2, 0) is 0 Å². The molecule has 6 heteroatoms. The van der Waals surface area contributed by atoms with E-state index in [9.17, 15) is 10.1 Å². The Hall–Kier alpha value is -1.69. The van der Waals surface area contributed by atoms with Gasteiger partial charge in [0.05, 0.1) is 4.92 Å². The minimum absolute atomic E-state index is 0.0250. The van der Waals surface area contributed by atoms with E-state index >= 15 is 0 Å². The number of nitro groups is 1. The SMILES string of the molecule is O=[N+]([O-])c1ccc(NCCC2CCCNC2)nc1. The molecular weight excluding hydrogens is 232 g/mol. The largest absolute Gasteiger partial charge is 0.370 e. The first-order valence-electron chi connectivity index (χ1n) is 6.31. The fraction of sp³-hybridized carbons (Fsp3) is 0.583. The summed E-state index contributed by atoms with van der Waals surface area (Å²) in [6.07, 6.45) is 4.92. The fourth-order valence-corrected chi connectivity index (χ4v) is 2.17. The molecule has 1 aromatic rings. The van der Waals surface area contributed by atoms with Crippen molar-refractivity contribution in [2.45, 2.75) is 19.3 Å². The molecule has 1 fully saturated rings. The summed E-state index contributed by atoms with van der Waals surface area (Å²) in [5.74, 6) is 1.42. The summed E-state index contributed by atoms with van der Waals surface area (Å²) in [7, 11) is 0. The van der Waals surface area contributed by atoms with Gasteiger partial charge in [-0.3, -0.25) is 10.1 Å². The molecule has 2 heterocycles. The Morgan fingerprint density at radius 2 is 2.44 bits per heavy atom. The minimum atomic E-state index is -0.440. The Bertz CT molecular complexity index is 388. The van der Waals surface area contributed by atoms with Crippen LogP contribution in [0.1, 0.15) is 19.3 Å². The van der Waals surface area contributed by atoms with Crippen LogP contribution in [0.4, 0.5) is 11.5 Å². The van der Waals surface area contributed by atoms with Crippen LogP contribution in [0.25, 0.3) is 0 Å². The van der Waals surface area contributed by atoms with E-state index in [1.807, 2.05) is 0 Å². The summed E-state index contributed by atoms with van der Waals surface area (Å²) in [5.41, 5.74) is 0.0250. The van der Waals surface area contributed by atoms with E-state index in [-0.39, 0.29) is 5.69 Å². The molecule has 1 saturated heterocycles. The Kier molecular flexibility index (Phi) is 4.46. The van der Waals surface area contributed by atoms with Crippen LogP contribution in [0.3, 0.4) is 0 Å². The number of anilines is 1. The first kappa shape index (κ1) is 12.8. The van der Waals surface area contributed by atoms with Gasteiger partial charge in [-0.25, -0.2) is 4.98 Å². The quantitative estimate of drug-likeness (QED) is 0.615. The Labute approximate surface area is 106 Å². The lowest BCUT2D eigenvalue weighted by atomic mass is 9.96. The molecule has 1 aliphatic heterocycles. The zero-order valence-corrected chi connectivity index (χ0v) is 10.3. The van der Waals surface area contributed by atoms with Gasteiger partial charge in [-0.2, -0.15) is 0 Å². The second kappa shape index (κ2) is 6.30. The predicted octanol–water partition coefficient (Wildman–Crippen LogP) is 1.79. The van der Waals surface area contributed by atoms with Crippen LogP contribution >= 0.6 is 0 Å². The van der Waals surface area contributed by atoms with Gasteiger partial charge in [0.1, 0.15) is 12.0 Å². The average molecular weight is 250 g/mol. The van der Waals surface area contributed by atoms with Crippen molar-refractivity contribution in [3.8, 4) is 0 Å². The maximum atomic E-state index is 10.5. The highest BCUT2D eigenvalue weighted by Gasteiger charge is 2.12. The molecule has 0 saturated carbocycles. The number of nitrogens with zero attached hydrogens (tertiary/aromatic N) is 2. The van der Waals surface area contributed by atoms with Crippen molar-refractivity contribution < 1.29 is 4.92 Å². The monoisotopic (exact) mass is 250 g/mol. The van der Waals surface area contributed by atoms with E-state index in [1.165, 1.54) is 25.1 Å².